The third-order valence-corrected chi connectivity index (χ3v) is 3.76. The van der Waals surface area contributed by atoms with Crippen LogP contribution < -0.4 is 16.6 Å². The summed E-state index contributed by atoms with van der Waals surface area (Å²) in [5.74, 6) is 6.75. The Morgan fingerprint density at radius 3 is 3.05 bits per heavy atom. The topological polar surface area (TPSA) is 75.9 Å². The second-order valence-corrected chi connectivity index (χ2v) is 5.39. The van der Waals surface area contributed by atoms with E-state index in [1.807, 2.05) is 0 Å². The number of nitrogens with one attached hydrogen (secondary N) is 2. The molecule has 4 N–H and O–H groups in total. The lowest BCUT2D eigenvalue weighted by atomic mass is 9.81. The van der Waals surface area contributed by atoms with Crippen molar-refractivity contribution in [3.05, 3.63) is 12.0 Å². The zero-order valence-corrected chi connectivity index (χ0v) is 11.3. The van der Waals surface area contributed by atoms with Crippen LogP contribution in [0, 0.1) is 17.7 Å². The van der Waals surface area contributed by atoms with Gasteiger partial charge in [0.1, 0.15) is 0 Å². The summed E-state index contributed by atoms with van der Waals surface area (Å²) >= 11 is 0. The van der Waals surface area contributed by atoms with E-state index in [9.17, 15) is 4.39 Å². The van der Waals surface area contributed by atoms with Crippen molar-refractivity contribution in [3.63, 3.8) is 0 Å². The van der Waals surface area contributed by atoms with Crippen LogP contribution in [0.3, 0.4) is 0 Å². The predicted molar refractivity (Wildman–Crippen MR) is 74.0 cm³/mol. The van der Waals surface area contributed by atoms with E-state index >= 15 is 0 Å². The lowest BCUT2D eigenvalue weighted by Gasteiger charge is -2.26. The third-order valence-electron chi connectivity index (χ3n) is 3.76. The van der Waals surface area contributed by atoms with E-state index < -0.39 is 5.82 Å². The van der Waals surface area contributed by atoms with Crippen LogP contribution >= 0.6 is 0 Å². The number of hydrogen-bond donors (Lipinski definition) is 3. The highest BCUT2D eigenvalue weighted by Gasteiger charge is 2.18. The first-order valence-electron chi connectivity index (χ1n) is 6.92. The van der Waals surface area contributed by atoms with Gasteiger partial charge in [0.15, 0.2) is 11.6 Å². The fourth-order valence-electron chi connectivity index (χ4n) is 2.78. The van der Waals surface area contributed by atoms with Gasteiger partial charge in [-0.2, -0.15) is 4.98 Å². The Morgan fingerprint density at radius 2 is 2.32 bits per heavy atom. The SMILES string of the molecule is CC1CCCC(CCNc2nc(NN)ncc2F)C1. The van der Waals surface area contributed by atoms with E-state index in [0.717, 1.165) is 31.0 Å². The average molecular weight is 267 g/mol. The first-order valence-corrected chi connectivity index (χ1v) is 6.92. The molecule has 1 saturated carbocycles. The summed E-state index contributed by atoms with van der Waals surface area (Å²) in [4.78, 5) is 7.66. The van der Waals surface area contributed by atoms with Gasteiger partial charge in [0, 0.05) is 6.54 Å². The summed E-state index contributed by atoms with van der Waals surface area (Å²) in [6, 6.07) is 0. The molecule has 0 amide bonds. The van der Waals surface area contributed by atoms with E-state index in [1.165, 1.54) is 25.7 Å². The number of hydrazine groups is 1. The van der Waals surface area contributed by atoms with Crippen molar-refractivity contribution < 1.29 is 4.39 Å². The van der Waals surface area contributed by atoms with E-state index in [1.54, 1.807) is 0 Å². The minimum atomic E-state index is -0.448. The van der Waals surface area contributed by atoms with E-state index in [4.69, 9.17) is 5.84 Å². The molecule has 106 valence electrons. The first-order chi connectivity index (χ1) is 9.19. The van der Waals surface area contributed by atoms with Crippen LogP contribution in [0.4, 0.5) is 16.2 Å². The molecule has 0 aliphatic heterocycles. The van der Waals surface area contributed by atoms with Crippen LogP contribution in [0.5, 0.6) is 0 Å². The molecular weight excluding hydrogens is 245 g/mol. The van der Waals surface area contributed by atoms with Crippen molar-refractivity contribution in [2.24, 2.45) is 17.7 Å². The minimum absolute atomic E-state index is 0.215. The molecule has 1 aliphatic carbocycles. The predicted octanol–water partition coefficient (Wildman–Crippen LogP) is 2.53. The Bertz CT molecular complexity index is 412. The standard InChI is InChI=1S/C13H22FN5/c1-9-3-2-4-10(7-9)5-6-16-12-11(14)8-17-13(18-12)19-15/h8-10H,2-7,15H2,1H3,(H2,16,17,18,19). The number of anilines is 2. The lowest BCUT2D eigenvalue weighted by Crippen LogP contribution is -2.18. The monoisotopic (exact) mass is 267 g/mol. The Morgan fingerprint density at radius 1 is 1.47 bits per heavy atom. The molecule has 2 atom stereocenters. The Labute approximate surface area is 113 Å². The van der Waals surface area contributed by atoms with Crippen LogP contribution in [0.15, 0.2) is 6.20 Å². The number of halogens is 1. The molecule has 1 aromatic heterocycles. The van der Waals surface area contributed by atoms with Crippen LogP contribution in [0.25, 0.3) is 0 Å². The number of aromatic nitrogens is 2. The summed E-state index contributed by atoms with van der Waals surface area (Å²) in [6.07, 6.45) is 7.40. The molecule has 1 aliphatic rings. The molecule has 19 heavy (non-hydrogen) atoms. The molecule has 1 fully saturated rings. The molecule has 1 aromatic rings. The highest BCUT2D eigenvalue weighted by atomic mass is 19.1. The van der Waals surface area contributed by atoms with Crippen molar-refractivity contribution in [2.45, 2.75) is 39.0 Å². The van der Waals surface area contributed by atoms with Gasteiger partial charge in [-0.15, -0.1) is 0 Å². The fourth-order valence-corrected chi connectivity index (χ4v) is 2.78. The van der Waals surface area contributed by atoms with Gasteiger partial charge in [-0.25, -0.2) is 15.2 Å². The third kappa shape index (κ3) is 4.02. The van der Waals surface area contributed by atoms with Crippen LogP contribution in [0.2, 0.25) is 0 Å². The van der Waals surface area contributed by atoms with Gasteiger partial charge >= 0.3 is 0 Å². The number of hydrogen-bond acceptors (Lipinski definition) is 5. The van der Waals surface area contributed by atoms with Crippen molar-refractivity contribution in [2.75, 3.05) is 17.3 Å². The summed E-state index contributed by atoms with van der Waals surface area (Å²) in [6.45, 7) is 3.04. The zero-order valence-electron chi connectivity index (χ0n) is 11.3. The smallest absolute Gasteiger partial charge is 0.239 e. The quantitative estimate of drug-likeness (QED) is 0.564. The highest BCUT2D eigenvalue weighted by Crippen LogP contribution is 2.30. The van der Waals surface area contributed by atoms with Crippen LogP contribution in [-0.2, 0) is 0 Å². The normalized spacial score (nSPS) is 23.1. The maximum Gasteiger partial charge on any atom is 0.239 e. The van der Waals surface area contributed by atoms with Gasteiger partial charge in [-0.1, -0.05) is 26.2 Å². The molecule has 2 unspecified atom stereocenters. The van der Waals surface area contributed by atoms with Gasteiger partial charge in [0.05, 0.1) is 6.20 Å². The summed E-state index contributed by atoms with van der Waals surface area (Å²) < 4.78 is 13.5. The Hall–Kier alpha value is -1.43. The van der Waals surface area contributed by atoms with Crippen molar-refractivity contribution in [3.8, 4) is 0 Å². The van der Waals surface area contributed by atoms with Crippen molar-refractivity contribution in [1.82, 2.24) is 9.97 Å². The van der Waals surface area contributed by atoms with Gasteiger partial charge in [0.25, 0.3) is 0 Å². The largest absolute Gasteiger partial charge is 0.367 e. The molecule has 2 rings (SSSR count). The number of nitrogens with two attached hydrogens (primary N) is 1. The van der Waals surface area contributed by atoms with Gasteiger partial charge < -0.3 is 5.32 Å². The summed E-state index contributed by atoms with van der Waals surface area (Å²) in [5.41, 5.74) is 2.31. The molecule has 0 aromatic carbocycles. The number of rotatable bonds is 5. The fraction of sp³-hybridized carbons (Fsp3) is 0.692. The maximum atomic E-state index is 13.5. The minimum Gasteiger partial charge on any atom is -0.367 e. The van der Waals surface area contributed by atoms with E-state index in [0.29, 0.717) is 0 Å². The molecule has 0 radical (unpaired) electrons. The second kappa shape index (κ2) is 6.65. The zero-order chi connectivity index (χ0) is 13.7. The number of nitrogen functional groups attached to an aromatic ring is 1. The van der Waals surface area contributed by atoms with E-state index in [2.05, 4.69) is 27.6 Å². The maximum absolute atomic E-state index is 13.5. The molecular formula is C13H22FN5. The molecule has 5 nitrogen and oxygen atoms in total. The molecule has 1 heterocycles. The summed E-state index contributed by atoms with van der Waals surface area (Å²) in [7, 11) is 0. The van der Waals surface area contributed by atoms with Crippen LogP contribution in [0.1, 0.15) is 39.0 Å². The van der Waals surface area contributed by atoms with Crippen molar-refractivity contribution in [1.29, 1.82) is 0 Å². The molecule has 0 bridgehead atoms. The highest BCUT2D eigenvalue weighted by molar-refractivity contribution is 5.40. The van der Waals surface area contributed by atoms with Crippen LogP contribution in [-0.4, -0.2) is 16.5 Å². The molecule has 0 saturated heterocycles. The van der Waals surface area contributed by atoms with Crippen molar-refractivity contribution >= 4 is 11.8 Å². The van der Waals surface area contributed by atoms with Gasteiger partial charge in [-0.3, -0.25) is 5.43 Å². The van der Waals surface area contributed by atoms with E-state index in [-0.39, 0.29) is 11.8 Å². The Kier molecular flexibility index (Phi) is 4.90. The Balaban J connectivity index is 1.81. The molecule has 6 heteroatoms. The van der Waals surface area contributed by atoms with Gasteiger partial charge in [0.2, 0.25) is 5.95 Å². The average Bonchev–Trinajstić information content (AvgIpc) is 2.41. The molecule has 0 spiro atoms. The number of nitrogens with zero attached hydrogens (tertiary/aromatic N) is 2. The first kappa shape index (κ1) is 14.0. The summed E-state index contributed by atoms with van der Waals surface area (Å²) in [5, 5.41) is 3.03. The lowest BCUT2D eigenvalue weighted by molar-refractivity contribution is 0.274. The van der Waals surface area contributed by atoms with Gasteiger partial charge in [-0.05, 0) is 24.7 Å². The second-order valence-electron chi connectivity index (χ2n) is 5.39.